The third kappa shape index (κ3) is 3.65. The molecule has 3 N–H and O–H groups in total. The van der Waals surface area contributed by atoms with Gasteiger partial charge in [0.2, 0.25) is 0 Å². The molecule has 0 spiro atoms. The topological polar surface area (TPSA) is 53.6 Å². The fraction of sp³-hybridized carbons (Fsp3) is 0.562. The van der Waals surface area contributed by atoms with Crippen molar-refractivity contribution in [1.82, 2.24) is 5.32 Å². The van der Waals surface area contributed by atoms with Crippen molar-refractivity contribution in [3.8, 4) is 0 Å². The molecule has 0 saturated heterocycles. The van der Waals surface area contributed by atoms with Gasteiger partial charge in [0.05, 0.1) is 0 Å². The van der Waals surface area contributed by atoms with E-state index in [1.165, 1.54) is 11.3 Å². The van der Waals surface area contributed by atoms with Gasteiger partial charge in [-0.1, -0.05) is 31.5 Å². The molecule has 0 aliphatic carbocycles. The molecule has 4 heteroatoms. The summed E-state index contributed by atoms with van der Waals surface area (Å²) in [5.74, 6) is 0.568. The molecular weight excluding hydrogens is 248 g/mol. The van der Waals surface area contributed by atoms with E-state index in [4.69, 9.17) is 5.73 Å². The van der Waals surface area contributed by atoms with Gasteiger partial charge in [0.15, 0.2) is 5.96 Å². The zero-order valence-corrected chi connectivity index (χ0v) is 12.6. The minimum Gasteiger partial charge on any atom is -0.370 e. The normalized spacial score (nSPS) is 18.2. The highest BCUT2D eigenvalue weighted by molar-refractivity contribution is 5.77. The molecule has 0 saturated carbocycles. The number of para-hydroxylation sites is 1. The van der Waals surface area contributed by atoms with Gasteiger partial charge in [0.25, 0.3) is 0 Å². The second-order valence-electron chi connectivity index (χ2n) is 5.42. The number of fused-ring (bicyclic) bond motifs is 1. The maximum absolute atomic E-state index is 5.85. The first-order valence-electron chi connectivity index (χ1n) is 7.60. The van der Waals surface area contributed by atoms with E-state index in [-0.39, 0.29) is 0 Å². The molecule has 0 amide bonds. The van der Waals surface area contributed by atoms with Crippen LogP contribution in [0.15, 0.2) is 29.3 Å². The Kier molecular flexibility index (Phi) is 5.27. The molecule has 1 unspecified atom stereocenters. The second-order valence-corrected chi connectivity index (χ2v) is 5.42. The number of aliphatic imine (C=N–C) groups is 1. The number of guanidine groups is 1. The van der Waals surface area contributed by atoms with E-state index in [1.54, 1.807) is 0 Å². The summed E-state index contributed by atoms with van der Waals surface area (Å²) in [7, 11) is 0. The molecule has 1 aromatic carbocycles. The standard InChI is InChI=1S/C16H26N4/c1-3-4-9-18-16(17)19-10-11-20-13(2)12-14-7-5-6-8-15(14)20/h5-8,13H,3-4,9-12H2,1-2H3,(H3,17,18,19). The molecule has 1 aliphatic heterocycles. The van der Waals surface area contributed by atoms with Gasteiger partial charge in [0, 0.05) is 31.4 Å². The Labute approximate surface area is 122 Å². The average molecular weight is 274 g/mol. The van der Waals surface area contributed by atoms with E-state index in [2.05, 4.69) is 53.3 Å². The monoisotopic (exact) mass is 274 g/mol. The van der Waals surface area contributed by atoms with Crippen molar-refractivity contribution < 1.29 is 0 Å². The number of hydrogen-bond acceptors (Lipinski definition) is 2. The number of benzene rings is 1. The highest BCUT2D eigenvalue weighted by Crippen LogP contribution is 2.30. The minimum atomic E-state index is 0.562. The molecule has 1 aromatic rings. The Balaban J connectivity index is 1.81. The predicted octanol–water partition coefficient (Wildman–Crippen LogP) is 2.14. The van der Waals surface area contributed by atoms with Gasteiger partial charge in [-0.15, -0.1) is 0 Å². The van der Waals surface area contributed by atoms with Crippen LogP contribution in [0, 0.1) is 0 Å². The number of nitrogens with two attached hydrogens (primary N) is 1. The molecule has 0 aromatic heterocycles. The van der Waals surface area contributed by atoms with Crippen LogP contribution in [0.5, 0.6) is 0 Å². The maximum Gasteiger partial charge on any atom is 0.188 e. The molecule has 110 valence electrons. The van der Waals surface area contributed by atoms with Gasteiger partial charge >= 0.3 is 0 Å². The quantitative estimate of drug-likeness (QED) is 0.475. The van der Waals surface area contributed by atoms with Crippen molar-refractivity contribution in [3.05, 3.63) is 29.8 Å². The first-order valence-corrected chi connectivity index (χ1v) is 7.60. The fourth-order valence-corrected chi connectivity index (χ4v) is 2.69. The van der Waals surface area contributed by atoms with E-state index < -0.39 is 0 Å². The molecule has 0 radical (unpaired) electrons. The van der Waals surface area contributed by atoms with E-state index in [1.807, 2.05) is 0 Å². The lowest BCUT2D eigenvalue weighted by Gasteiger charge is -2.25. The Hall–Kier alpha value is -1.71. The second kappa shape index (κ2) is 7.17. The SMILES string of the molecule is CCCCN=C(N)NCCN1c2ccccc2CC1C. The van der Waals surface area contributed by atoms with Crippen LogP contribution in [0.2, 0.25) is 0 Å². The van der Waals surface area contributed by atoms with Gasteiger partial charge in [-0.2, -0.15) is 0 Å². The van der Waals surface area contributed by atoms with Crippen molar-refractivity contribution >= 4 is 11.6 Å². The molecule has 0 fully saturated rings. The van der Waals surface area contributed by atoms with E-state index >= 15 is 0 Å². The fourth-order valence-electron chi connectivity index (χ4n) is 2.69. The number of rotatable bonds is 6. The molecule has 20 heavy (non-hydrogen) atoms. The van der Waals surface area contributed by atoms with Crippen molar-refractivity contribution in [2.24, 2.45) is 10.7 Å². The lowest BCUT2D eigenvalue weighted by Crippen LogP contribution is -2.40. The number of nitrogens with one attached hydrogen (secondary N) is 1. The largest absolute Gasteiger partial charge is 0.370 e. The first kappa shape index (κ1) is 14.7. The van der Waals surface area contributed by atoms with Crippen LogP contribution in [-0.2, 0) is 6.42 Å². The van der Waals surface area contributed by atoms with Gasteiger partial charge in [-0.3, -0.25) is 4.99 Å². The lowest BCUT2D eigenvalue weighted by molar-refractivity contribution is 0.660. The minimum absolute atomic E-state index is 0.562. The first-order chi connectivity index (χ1) is 9.72. The van der Waals surface area contributed by atoms with Crippen LogP contribution in [0.25, 0.3) is 0 Å². The number of hydrogen-bond donors (Lipinski definition) is 2. The van der Waals surface area contributed by atoms with Gasteiger partial charge in [-0.25, -0.2) is 0 Å². The number of unbranched alkanes of at least 4 members (excludes halogenated alkanes) is 1. The highest BCUT2D eigenvalue weighted by atomic mass is 15.2. The summed E-state index contributed by atoms with van der Waals surface area (Å²) >= 11 is 0. The summed E-state index contributed by atoms with van der Waals surface area (Å²) in [6, 6.07) is 9.22. The molecule has 0 bridgehead atoms. The number of anilines is 1. The molecule has 1 heterocycles. The van der Waals surface area contributed by atoms with Crippen molar-refractivity contribution in [2.45, 2.75) is 39.2 Å². The Morgan fingerprint density at radius 2 is 2.25 bits per heavy atom. The van der Waals surface area contributed by atoms with Gasteiger partial charge in [-0.05, 0) is 31.4 Å². The summed E-state index contributed by atoms with van der Waals surface area (Å²) in [5.41, 5.74) is 8.66. The molecular formula is C16H26N4. The van der Waals surface area contributed by atoms with Gasteiger partial charge in [0.1, 0.15) is 0 Å². The Bertz CT molecular complexity index is 456. The average Bonchev–Trinajstić information content (AvgIpc) is 2.75. The third-order valence-electron chi connectivity index (χ3n) is 3.80. The molecule has 4 nitrogen and oxygen atoms in total. The molecule has 1 atom stereocenters. The van der Waals surface area contributed by atoms with Crippen LogP contribution in [0.4, 0.5) is 5.69 Å². The zero-order chi connectivity index (χ0) is 14.4. The van der Waals surface area contributed by atoms with Crippen molar-refractivity contribution in [2.75, 3.05) is 24.5 Å². The molecule has 2 rings (SSSR count). The molecule has 1 aliphatic rings. The smallest absolute Gasteiger partial charge is 0.188 e. The van der Waals surface area contributed by atoms with E-state index in [0.29, 0.717) is 12.0 Å². The zero-order valence-electron chi connectivity index (χ0n) is 12.6. The summed E-state index contributed by atoms with van der Waals surface area (Å²) in [6.07, 6.45) is 3.38. The summed E-state index contributed by atoms with van der Waals surface area (Å²) in [6.45, 7) is 7.05. The Morgan fingerprint density at radius 3 is 3.05 bits per heavy atom. The maximum atomic E-state index is 5.85. The van der Waals surface area contributed by atoms with Crippen LogP contribution in [0.1, 0.15) is 32.3 Å². The lowest BCUT2D eigenvalue weighted by atomic mass is 10.1. The Morgan fingerprint density at radius 1 is 1.45 bits per heavy atom. The highest BCUT2D eigenvalue weighted by Gasteiger charge is 2.24. The van der Waals surface area contributed by atoms with E-state index in [9.17, 15) is 0 Å². The van der Waals surface area contributed by atoms with Crippen molar-refractivity contribution in [1.29, 1.82) is 0 Å². The number of nitrogens with zero attached hydrogens (tertiary/aromatic N) is 2. The summed E-state index contributed by atoms with van der Waals surface area (Å²) < 4.78 is 0. The van der Waals surface area contributed by atoms with E-state index in [0.717, 1.165) is 38.9 Å². The van der Waals surface area contributed by atoms with Crippen LogP contribution in [0.3, 0.4) is 0 Å². The van der Waals surface area contributed by atoms with Crippen LogP contribution >= 0.6 is 0 Å². The third-order valence-corrected chi connectivity index (χ3v) is 3.80. The summed E-state index contributed by atoms with van der Waals surface area (Å²) in [4.78, 5) is 6.75. The predicted molar refractivity (Wildman–Crippen MR) is 86.4 cm³/mol. The summed E-state index contributed by atoms with van der Waals surface area (Å²) in [5, 5.41) is 3.21. The van der Waals surface area contributed by atoms with Crippen LogP contribution in [-0.4, -0.2) is 31.6 Å². The van der Waals surface area contributed by atoms with Gasteiger partial charge < -0.3 is 16.0 Å². The van der Waals surface area contributed by atoms with Crippen LogP contribution < -0.4 is 16.0 Å². The van der Waals surface area contributed by atoms with Crippen molar-refractivity contribution in [3.63, 3.8) is 0 Å².